The van der Waals surface area contributed by atoms with Crippen LogP contribution < -0.4 is 10.6 Å². The number of esters is 1. The summed E-state index contributed by atoms with van der Waals surface area (Å²) in [7, 11) is 0. The number of unbranched alkanes of at least 4 members (excludes halogenated alkanes) is 1. The van der Waals surface area contributed by atoms with Gasteiger partial charge < -0.3 is 20.5 Å². The van der Waals surface area contributed by atoms with Crippen LogP contribution in [0.25, 0.3) is 0 Å². The Bertz CT molecular complexity index is 659. The highest BCUT2D eigenvalue weighted by Crippen LogP contribution is 2.29. The Morgan fingerprint density at radius 2 is 1.66 bits per heavy atom. The van der Waals surface area contributed by atoms with Crippen molar-refractivity contribution in [2.24, 2.45) is 5.41 Å². The third-order valence-corrected chi connectivity index (χ3v) is 7.04. The Balaban J connectivity index is 2.43. The van der Waals surface area contributed by atoms with Crippen LogP contribution in [0.4, 0.5) is 0 Å². The van der Waals surface area contributed by atoms with Gasteiger partial charge in [0.15, 0.2) is 5.78 Å². The van der Waals surface area contributed by atoms with E-state index in [-0.39, 0.29) is 49.4 Å². The molecule has 0 aromatic rings. The van der Waals surface area contributed by atoms with Crippen LogP contribution in [0.2, 0.25) is 0 Å². The lowest BCUT2D eigenvalue weighted by Gasteiger charge is -2.30. The molecule has 3 N–H and O–H groups in total. The molecular weight excluding hydrogens is 450 g/mol. The number of ether oxygens (including phenoxy) is 1. The van der Waals surface area contributed by atoms with Gasteiger partial charge in [0.2, 0.25) is 11.8 Å². The minimum absolute atomic E-state index is 0.0292. The lowest BCUT2D eigenvalue weighted by molar-refractivity contribution is -0.144. The van der Waals surface area contributed by atoms with E-state index in [9.17, 15) is 19.2 Å². The molecule has 0 aliphatic carbocycles. The van der Waals surface area contributed by atoms with Crippen molar-refractivity contribution in [2.45, 2.75) is 97.4 Å². The lowest BCUT2D eigenvalue weighted by Crippen LogP contribution is -2.47. The SMILES string of the molecule is CCC(C)(CC)C(=O)C(CCCCNC(=O)CCO)NC(=O)CCCC(=O)OCCN1CCCC1. The Kier molecular flexibility index (Phi) is 15.5. The molecule has 0 spiro atoms. The largest absolute Gasteiger partial charge is 0.464 e. The zero-order chi connectivity index (χ0) is 26.1. The van der Waals surface area contributed by atoms with Crippen LogP contribution in [0.15, 0.2) is 0 Å². The number of hydrogen-bond donors (Lipinski definition) is 3. The third kappa shape index (κ3) is 12.5. The van der Waals surface area contributed by atoms with E-state index in [1.54, 1.807) is 0 Å². The Hall–Kier alpha value is -2.00. The number of hydrogen-bond acceptors (Lipinski definition) is 7. The second-order valence-electron chi connectivity index (χ2n) is 9.69. The molecule has 1 atom stereocenters. The number of aliphatic hydroxyl groups excluding tert-OH is 1. The van der Waals surface area contributed by atoms with Crippen LogP contribution in [0.3, 0.4) is 0 Å². The number of aliphatic hydroxyl groups is 1. The number of ketones is 1. The highest BCUT2D eigenvalue weighted by Gasteiger charge is 2.35. The lowest BCUT2D eigenvalue weighted by atomic mass is 9.76. The van der Waals surface area contributed by atoms with E-state index in [2.05, 4.69) is 15.5 Å². The smallest absolute Gasteiger partial charge is 0.305 e. The van der Waals surface area contributed by atoms with Gasteiger partial charge in [0.1, 0.15) is 6.61 Å². The van der Waals surface area contributed by atoms with Crippen molar-refractivity contribution >= 4 is 23.6 Å². The van der Waals surface area contributed by atoms with E-state index in [0.717, 1.165) is 19.6 Å². The molecule has 1 aliphatic rings. The predicted octanol–water partition coefficient (Wildman–Crippen LogP) is 2.34. The standard InChI is InChI=1S/C26H47N3O6/c1-4-26(3,5-2)25(34)21(11-6-7-15-27-22(31)14-19-30)28-23(32)12-10-13-24(33)35-20-18-29-16-8-9-17-29/h21,30H,4-20H2,1-3H3,(H,27,31)(H,28,32). The summed E-state index contributed by atoms with van der Waals surface area (Å²) in [5.74, 6) is -0.703. The van der Waals surface area contributed by atoms with Gasteiger partial charge in [-0.3, -0.25) is 24.1 Å². The van der Waals surface area contributed by atoms with Crippen LogP contribution in [0.1, 0.15) is 91.4 Å². The van der Waals surface area contributed by atoms with E-state index < -0.39 is 11.5 Å². The second kappa shape index (κ2) is 17.4. The van der Waals surface area contributed by atoms with Gasteiger partial charge in [0.05, 0.1) is 12.6 Å². The maximum absolute atomic E-state index is 13.2. The first kappa shape index (κ1) is 31.0. The van der Waals surface area contributed by atoms with Gasteiger partial charge >= 0.3 is 5.97 Å². The molecule has 0 aromatic heterocycles. The number of carbonyl (C=O) groups is 4. The van der Waals surface area contributed by atoms with Crippen LogP contribution in [-0.2, 0) is 23.9 Å². The molecule has 1 saturated heterocycles. The molecule has 0 radical (unpaired) electrons. The van der Waals surface area contributed by atoms with Crippen molar-refractivity contribution in [2.75, 3.05) is 39.4 Å². The highest BCUT2D eigenvalue weighted by molar-refractivity contribution is 5.92. The molecule has 202 valence electrons. The average molecular weight is 498 g/mol. The molecule has 9 nitrogen and oxygen atoms in total. The fourth-order valence-corrected chi connectivity index (χ4v) is 4.21. The summed E-state index contributed by atoms with van der Waals surface area (Å²) in [5.41, 5.74) is -0.508. The van der Waals surface area contributed by atoms with Crippen LogP contribution >= 0.6 is 0 Å². The Morgan fingerprint density at radius 1 is 0.971 bits per heavy atom. The quantitative estimate of drug-likeness (QED) is 0.185. The molecule has 9 heteroatoms. The molecule has 1 unspecified atom stereocenters. The number of rotatable bonds is 19. The van der Waals surface area contributed by atoms with Crippen molar-refractivity contribution < 1.29 is 29.0 Å². The fraction of sp³-hybridized carbons (Fsp3) is 0.846. The molecule has 1 rings (SSSR count). The first-order valence-electron chi connectivity index (χ1n) is 13.3. The van der Waals surface area contributed by atoms with Crippen molar-refractivity contribution in [3.05, 3.63) is 0 Å². The van der Waals surface area contributed by atoms with Gasteiger partial charge in [-0.15, -0.1) is 0 Å². The monoisotopic (exact) mass is 497 g/mol. The van der Waals surface area contributed by atoms with Crippen LogP contribution in [0, 0.1) is 5.41 Å². The fourth-order valence-electron chi connectivity index (χ4n) is 4.21. The van der Waals surface area contributed by atoms with E-state index in [1.807, 2.05) is 20.8 Å². The number of nitrogens with zero attached hydrogens (tertiary/aromatic N) is 1. The van der Waals surface area contributed by atoms with Crippen LogP contribution in [-0.4, -0.2) is 79.0 Å². The number of nitrogens with one attached hydrogen (secondary N) is 2. The topological polar surface area (TPSA) is 125 Å². The predicted molar refractivity (Wildman–Crippen MR) is 135 cm³/mol. The summed E-state index contributed by atoms with van der Waals surface area (Å²) in [6.45, 7) is 9.43. The van der Waals surface area contributed by atoms with E-state index in [0.29, 0.717) is 51.7 Å². The van der Waals surface area contributed by atoms with Gasteiger partial charge in [-0.2, -0.15) is 0 Å². The number of likely N-dealkylation sites (tertiary alicyclic amines) is 1. The molecule has 1 aliphatic heterocycles. The van der Waals surface area contributed by atoms with E-state index in [1.165, 1.54) is 12.8 Å². The second-order valence-corrected chi connectivity index (χ2v) is 9.69. The maximum Gasteiger partial charge on any atom is 0.305 e. The average Bonchev–Trinajstić information content (AvgIpc) is 3.36. The number of carbonyl (C=O) groups excluding carboxylic acids is 4. The summed E-state index contributed by atoms with van der Waals surface area (Å²) >= 11 is 0. The zero-order valence-electron chi connectivity index (χ0n) is 22.0. The van der Waals surface area contributed by atoms with Gasteiger partial charge in [-0.1, -0.05) is 20.8 Å². The Morgan fingerprint density at radius 3 is 2.29 bits per heavy atom. The molecule has 0 aromatic carbocycles. The summed E-state index contributed by atoms with van der Waals surface area (Å²) in [6.07, 6.45) is 6.42. The summed E-state index contributed by atoms with van der Waals surface area (Å²) in [5, 5.41) is 14.4. The van der Waals surface area contributed by atoms with Crippen molar-refractivity contribution in [3.8, 4) is 0 Å². The molecule has 1 heterocycles. The molecule has 1 fully saturated rings. The molecule has 2 amide bonds. The van der Waals surface area contributed by atoms with Crippen LogP contribution in [0.5, 0.6) is 0 Å². The van der Waals surface area contributed by atoms with Gasteiger partial charge in [0, 0.05) is 37.8 Å². The van der Waals surface area contributed by atoms with E-state index in [4.69, 9.17) is 9.84 Å². The number of Topliss-reactive ketones (excluding diaryl/α,β-unsaturated/α-hetero) is 1. The summed E-state index contributed by atoms with van der Waals surface area (Å²) < 4.78 is 5.28. The minimum Gasteiger partial charge on any atom is -0.464 e. The number of amides is 2. The Labute approximate surface area is 210 Å². The van der Waals surface area contributed by atoms with Gasteiger partial charge in [-0.25, -0.2) is 0 Å². The van der Waals surface area contributed by atoms with Crippen molar-refractivity contribution in [1.29, 1.82) is 0 Å². The third-order valence-electron chi connectivity index (χ3n) is 7.04. The maximum atomic E-state index is 13.2. The normalized spacial score (nSPS) is 15.0. The highest BCUT2D eigenvalue weighted by atomic mass is 16.5. The summed E-state index contributed by atoms with van der Waals surface area (Å²) in [4.78, 5) is 51.5. The van der Waals surface area contributed by atoms with E-state index >= 15 is 0 Å². The molecule has 35 heavy (non-hydrogen) atoms. The van der Waals surface area contributed by atoms with Crippen molar-refractivity contribution in [3.63, 3.8) is 0 Å². The summed E-state index contributed by atoms with van der Waals surface area (Å²) in [6, 6.07) is -0.590. The van der Waals surface area contributed by atoms with Crippen molar-refractivity contribution in [1.82, 2.24) is 15.5 Å². The van der Waals surface area contributed by atoms with Gasteiger partial charge in [0.25, 0.3) is 0 Å². The minimum atomic E-state index is -0.590. The first-order chi connectivity index (χ1) is 16.8. The molecule has 0 bridgehead atoms. The molecular formula is C26H47N3O6. The first-order valence-corrected chi connectivity index (χ1v) is 13.3. The zero-order valence-corrected chi connectivity index (χ0v) is 22.0. The van der Waals surface area contributed by atoms with Gasteiger partial charge in [-0.05, 0) is 64.5 Å². The molecule has 0 saturated carbocycles.